The number of nitrogens with one attached hydrogen (secondary N) is 1. The lowest BCUT2D eigenvalue weighted by molar-refractivity contribution is 0.0955. The van der Waals surface area contributed by atoms with Crippen molar-refractivity contribution in [2.75, 3.05) is 6.61 Å². The number of nitrogens with zero attached hydrogens (tertiary/aromatic N) is 2. The van der Waals surface area contributed by atoms with Crippen LogP contribution in [-0.4, -0.2) is 28.8 Å². The first-order chi connectivity index (χ1) is 11.4. The highest BCUT2D eigenvalue weighted by atomic mass is 79.9. The van der Waals surface area contributed by atoms with E-state index in [-0.39, 0.29) is 11.7 Å². The summed E-state index contributed by atoms with van der Waals surface area (Å²) >= 11 is 6.64. The Morgan fingerprint density at radius 3 is 2.79 bits per heavy atom. The summed E-state index contributed by atoms with van der Waals surface area (Å²) in [7, 11) is 0. The number of ether oxygens (including phenoxy) is 1. The van der Waals surface area contributed by atoms with Gasteiger partial charge < -0.3 is 9.84 Å². The van der Waals surface area contributed by atoms with Crippen LogP contribution < -0.4 is 10.2 Å². The molecule has 1 amide bonds. The van der Waals surface area contributed by atoms with Crippen LogP contribution >= 0.6 is 31.9 Å². The van der Waals surface area contributed by atoms with Crippen LogP contribution in [0.25, 0.3) is 0 Å². The SMILES string of the molecule is CCOc1cc(/C=N/NC(=O)c2ccc(C)nc2)c(Br)c(Br)c1O. The Morgan fingerprint density at radius 2 is 2.17 bits per heavy atom. The van der Waals surface area contributed by atoms with Crippen molar-refractivity contribution < 1.29 is 14.6 Å². The summed E-state index contributed by atoms with van der Waals surface area (Å²) < 4.78 is 6.41. The molecule has 0 aliphatic carbocycles. The summed E-state index contributed by atoms with van der Waals surface area (Å²) in [6.07, 6.45) is 2.94. The number of hydrazone groups is 1. The number of benzene rings is 1. The molecule has 8 heteroatoms. The molecule has 0 fully saturated rings. The van der Waals surface area contributed by atoms with Crippen molar-refractivity contribution in [2.45, 2.75) is 13.8 Å². The van der Waals surface area contributed by atoms with Crippen LogP contribution in [0, 0.1) is 6.92 Å². The Bertz CT molecular complexity index is 777. The van der Waals surface area contributed by atoms with Gasteiger partial charge in [-0.15, -0.1) is 0 Å². The highest BCUT2D eigenvalue weighted by Gasteiger charge is 2.14. The first-order valence-corrected chi connectivity index (χ1v) is 8.62. The maximum Gasteiger partial charge on any atom is 0.272 e. The van der Waals surface area contributed by atoms with E-state index in [0.717, 1.165) is 5.69 Å². The lowest BCUT2D eigenvalue weighted by atomic mass is 10.2. The Balaban J connectivity index is 2.16. The van der Waals surface area contributed by atoms with Gasteiger partial charge in [0.1, 0.15) is 0 Å². The van der Waals surface area contributed by atoms with Crippen LogP contribution in [0.4, 0.5) is 0 Å². The van der Waals surface area contributed by atoms with Gasteiger partial charge in [-0.1, -0.05) is 0 Å². The molecule has 6 nitrogen and oxygen atoms in total. The van der Waals surface area contributed by atoms with E-state index in [0.29, 0.717) is 32.4 Å². The van der Waals surface area contributed by atoms with Gasteiger partial charge in [-0.2, -0.15) is 5.10 Å². The van der Waals surface area contributed by atoms with Gasteiger partial charge in [-0.3, -0.25) is 9.78 Å². The van der Waals surface area contributed by atoms with Gasteiger partial charge in [0, 0.05) is 21.9 Å². The lowest BCUT2D eigenvalue weighted by Crippen LogP contribution is -2.17. The summed E-state index contributed by atoms with van der Waals surface area (Å²) in [5.41, 5.74) is 4.31. The molecule has 2 rings (SSSR count). The number of phenols is 1. The second-order valence-electron chi connectivity index (χ2n) is 4.76. The van der Waals surface area contributed by atoms with Crippen molar-refractivity contribution in [1.29, 1.82) is 0 Å². The summed E-state index contributed by atoms with van der Waals surface area (Å²) in [6, 6.07) is 5.05. The number of carbonyl (C=O) groups is 1. The number of hydrogen-bond donors (Lipinski definition) is 2. The molecular formula is C16H15Br2N3O3. The first kappa shape index (κ1) is 18.4. The Morgan fingerprint density at radius 1 is 1.42 bits per heavy atom. The fraction of sp³-hybridized carbons (Fsp3) is 0.188. The molecule has 2 aromatic rings. The Kier molecular flexibility index (Phi) is 6.33. The molecule has 1 aromatic carbocycles. The van der Waals surface area contributed by atoms with Crippen molar-refractivity contribution in [2.24, 2.45) is 5.10 Å². The van der Waals surface area contributed by atoms with Crippen molar-refractivity contribution >= 4 is 44.0 Å². The smallest absolute Gasteiger partial charge is 0.272 e. The van der Waals surface area contributed by atoms with Gasteiger partial charge in [0.15, 0.2) is 11.5 Å². The fourth-order valence-electron chi connectivity index (χ4n) is 1.80. The van der Waals surface area contributed by atoms with E-state index in [1.54, 1.807) is 18.2 Å². The number of aryl methyl sites for hydroxylation is 1. The summed E-state index contributed by atoms with van der Waals surface area (Å²) in [4.78, 5) is 16.0. The summed E-state index contributed by atoms with van der Waals surface area (Å²) in [6.45, 7) is 4.07. The molecule has 2 N–H and O–H groups in total. The molecule has 0 saturated carbocycles. The van der Waals surface area contributed by atoms with Crippen molar-refractivity contribution in [3.05, 3.63) is 50.2 Å². The molecule has 1 heterocycles. The minimum absolute atomic E-state index is 0.00404. The average Bonchev–Trinajstić information content (AvgIpc) is 2.57. The number of phenolic OH excluding ortho intramolecular Hbond substituents is 1. The summed E-state index contributed by atoms with van der Waals surface area (Å²) in [5.74, 6) is -0.0449. The van der Waals surface area contributed by atoms with Gasteiger partial charge in [0.05, 0.1) is 22.9 Å². The average molecular weight is 457 g/mol. The highest BCUT2D eigenvalue weighted by Crippen LogP contribution is 2.41. The van der Waals surface area contributed by atoms with Gasteiger partial charge in [0.2, 0.25) is 0 Å². The number of rotatable bonds is 5. The molecule has 0 spiro atoms. The van der Waals surface area contributed by atoms with E-state index < -0.39 is 0 Å². The van der Waals surface area contributed by atoms with Crippen molar-refractivity contribution in [3.8, 4) is 11.5 Å². The number of pyridine rings is 1. The van der Waals surface area contributed by atoms with Crippen LogP contribution in [-0.2, 0) is 0 Å². The Hall–Kier alpha value is -1.93. The normalized spacial score (nSPS) is 10.8. The molecule has 1 aromatic heterocycles. The predicted molar refractivity (Wildman–Crippen MR) is 98.7 cm³/mol. The van der Waals surface area contributed by atoms with Gasteiger partial charge in [0.25, 0.3) is 5.91 Å². The molecular weight excluding hydrogens is 442 g/mol. The van der Waals surface area contributed by atoms with E-state index in [1.165, 1.54) is 12.4 Å². The molecule has 0 radical (unpaired) electrons. The number of hydrogen-bond acceptors (Lipinski definition) is 5. The van der Waals surface area contributed by atoms with Crippen molar-refractivity contribution in [3.63, 3.8) is 0 Å². The second-order valence-corrected chi connectivity index (χ2v) is 6.35. The minimum Gasteiger partial charge on any atom is -0.503 e. The van der Waals surface area contributed by atoms with Gasteiger partial charge in [-0.05, 0) is 63.9 Å². The molecule has 126 valence electrons. The monoisotopic (exact) mass is 455 g/mol. The quantitative estimate of drug-likeness (QED) is 0.529. The number of halogens is 2. The topological polar surface area (TPSA) is 83.8 Å². The van der Waals surface area contributed by atoms with E-state index in [4.69, 9.17) is 4.74 Å². The molecule has 0 saturated heterocycles. The summed E-state index contributed by atoms with van der Waals surface area (Å²) in [5, 5.41) is 13.9. The fourth-order valence-corrected chi connectivity index (χ4v) is 2.63. The molecule has 0 atom stereocenters. The maximum atomic E-state index is 12.0. The number of aromatic hydroxyl groups is 1. The van der Waals surface area contributed by atoms with Gasteiger partial charge >= 0.3 is 0 Å². The second kappa shape index (κ2) is 8.25. The van der Waals surface area contributed by atoms with Crippen LogP contribution in [0.3, 0.4) is 0 Å². The van der Waals surface area contributed by atoms with Crippen molar-refractivity contribution in [1.82, 2.24) is 10.4 Å². The van der Waals surface area contributed by atoms with E-state index in [2.05, 4.69) is 47.4 Å². The molecule has 0 aliphatic heterocycles. The third-order valence-electron chi connectivity index (χ3n) is 3.02. The van der Waals surface area contributed by atoms with E-state index in [9.17, 15) is 9.90 Å². The molecule has 0 aliphatic rings. The molecule has 0 unspecified atom stereocenters. The van der Waals surface area contributed by atoms with Crippen LogP contribution in [0.1, 0.15) is 28.5 Å². The predicted octanol–water partition coefficient (Wildman–Crippen LogP) is 3.78. The first-order valence-electron chi connectivity index (χ1n) is 7.03. The van der Waals surface area contributed by atoms with E-state index in [1.807, 2.05) is 13.8 Å². The van der Waals surface area contributed by atoms with Crippen LogP contribution in [0.15, 0.2) is 38.4 Å². The number of carbonyl (C=O) groups excluding carboxylic acids is 1. The van der Waals surface area contributed by atoms with Gasteiger partial charge in [-0.25, -0.2) is 5.43 Å². The van der Waals surface area contributed by atoms with Crippen LogP contribution in [0.5, 0.6) is 11.5 Å². The zero-order chi connectivity index (χ0) is 17.7. The van der Waals surface area contributed by atoms with Crippen LogP contribution in [0.2, 0.25) is 0 Å². The molecule has 24 heavy (non-hydrogen) atoms. The lowest BCUT2D eigenvalue weighted by Gasteiger charge is -2.10. The third-order valence-corrected chi connectivity index (χ3v) is 5.18. The maximum absolute atomic E-state index is 12.0. The third kappa shape index (κ3) is 4.33. The minimum atomic E-state index is -0.363. The number of amides is 1. The molecule has 0 bridgehead atoms. The standard InChI is InChI=1S/C16H15Br2N3O3/c1-3-24-12-6-11(13(17)14(18)15(12)22)8-20-21-16(23)10-5-4-9(2)19-7-10/h4-8,22H,3H2,1-2H3,(H,21,23)/b20-8+. The Labute approximate surface area is 156 Å². The zero-order valence-electron chi connectivity index (χ0n) is 13.0. The van der Waals surface area contributed by atoms with E-state index >= 15 is 0 Å². The highest BCUT2D eigenvalue weighted by molar-refractivity contribution is 9.13. The largest absolute Gasteiger partial charge is 0.503 e. The zero-order valence-corrected chi connectivity index (χ0v) is 16.2. The number of aromatic nitrogens is 1.